The summed E-state index contributed by atoms with van der Waals surface area (Å²) >= 11 is 1.49. The van der Waals surface area contributed by atoms with E-state index in [1.54, 1.807) is 0 Å². The fraction of sp³-hybridized carbons (Fsp3) is 0.0769. The third kappa shape index (κ3) is 2.89. The highest BCUT2D eigenvalue weighted by atomic mass is 32.1. The Morgan fingerprint density at radius 3 is 2.50 bits per heavy atom. The van der Waals surface area contributed by atoms with Gasteiger partial charge in [0, 0.05) is 10.4 Å². The fourth-order valence-electron chi connectivity index (χ4n) is 1.47. The summed E-state index contributed by atoms with van der Waals surface area (Å²) in [4.78, 5) is 12.7. The molecule has 4 N–H and O–H groups in total. The van der Waals surface area contributed by atoms with Gasteiger partial charge in [0.1, 0.15) is 0 Å². The van der Waals surface area contributed by atoms with Crippen molar-refractivity contribution in [3.05, 3.63) is 39.6 Å². The molecular formula is C13H12N2O4S. The minimum atomic E-state index is -0.667. The van der Waals surface area contributed by atoms with Crippen LogP contribution in [-0.4, -0.2) is 27.4 Å². The van der Waals surface area contributed by atoms with E-state index < -0.39 is 23.2 Å². The molecule has 7 heteroatoms. The monoisotopic (exact) mass is 292 g/mol. The van der Waals surface area contributed by atoms with Crippen LogP contribution >= 0.6 is 11.3 Å². The molecule has 0 saturated heterocycles. The number of nitrogens with one attached hydrogen (secondary N) is 1. The Morgan fingerprint density at radius 1 is 1.30 bits per heavy atom. The van der Waals surface area contributed by atoms with E-state index >= 15 is 0 Å². The summed E-state index contributed by atoms with van der Waals surface area (Å²) < 4.78 is 0. The molecule has 2 aromatic rings. The van der Waals surface area contributed by atoms with Crippen molar-refractivity contribution in [2.75, 3.05) is 0 Å². The summed E-state index contributed by atoms with van der Waals surface area (Å²) in [6.07, 6.45) is 1.51. The van der Waals surface area contributed by atoms with Crippen LogP contribution < -0.4 is 5.43 Å². The maximum Gasteiger partial charge on any atom is 0.271 e. The molecule has 0 radical (unpaired) electrons. The maximum atomic E-state index is 11.7. The number of hydrogen-bond donors (Lipinski definition) is 4. The van der Waals surface area contributed by atoms with Gasteiger partial charge in [-0.1, -0.05) is 0 Å². The number of carbonyl (C=O) groups is 1. The van der Waals surface area contributed by atoms with Crippen molar-refractivity contribution in [1.82, 2.24) is 5.43 Å². The molecular weight excluding hydrogens is 280 g/mol. The highest BCUT2D eigenvalue weighted by molar-refractivity contribution is 7.11. The van der Waals surface area contributed by atoms with E-state index in [0.717, 1.165) is 22.6 Å². The molecule has 6 nitrogen and oxygen atoms in total. The molecule has 0 aliphatic rings. The van der Waals surface area contributed by atoms with Crippen LogP contribution in [0, 0.1) is 6.92 Å². The Kier molecular flexibility index (Phi) is 3.90. The second-order valence-corrected chi connectivity index (χ2v) is 4.98. The lowest BCUT2D eigenvalue weighted by atomic mass is 10.2. The second-order valence-electron chi connectivity index (χ2n) is 4.03. The van der Waals surface area contributed by atoms with Crippen LogP contribution in [0.25, 0.3) is 0 Å². The van der Waals surface area contributed by atoms with Crippen molar-refractivity contribution in [2.24, 2.45) is 5.10 Å². The molecule has 0 aliphatic heterocycles. The Morgan fingerprint density at radius 2 is 1.95 bits per heavy atom. The number of hydrazone groups is 1. The fourth-order valence-corrected chi connectivity index (χ4v) is 2.25. The zero-order valence-electron chi connectivity index (χ0n) is 10.5. The lowest BCUT2D eigenvalue weighted by Crippen LogP contribution is -2.17. The first-order chi connectivity index (χ1) is 9.49. The predicted molar refractivity (Wildman–Crippen MR) is 75.6 cm³/mol. The lowest BCUT2D eigenvalue weighted by Gasteiger charge is -2.04. The van der Waals surface area contributed by atoms with Gasteiger partial charge in [-0.2, -0.15) is 5.10 Å². The molecule has 0 unspecified atom stereocenters. The van der Waals surface area contributed by atoms with Gasteiger partial charge in [0.25, 0.3) is 5.91 Å². The first-order valence-electron chi connectivity index (χ1n) is 5.61. The van der Waals surface area contributed by atoms with Crippen LogP contribution in [0.4, 0.5) is 0 Å². The van der Waals surface area contributed by atoms with Crippen LogP contribution in [0.3, 0.4) is 0 Å². The number of amides is 1. The van der Waals surface area contributed by atoms with Crippen molar-refractivity contribution in [3.8, 4) is 17.2 Å². The maximum absolute atomic E-state index is 11.7. The Labute approximate surface area is 118 Å². The van der Waals surface area contributed by atoms with Gasteiger partial charge in [-0.05, 0) is 36.1 Å². The summed E-state index contributed by atoms with van der Waals surface area (Å²) in [5, 5.41) is 33.5. The van der Waals surface area contributed by atoms with Crippen molar-refractivity contribution in [3.63, 3.8) is 0 Å². The molecule has 0 saturated carbocycles. The minimum absolute atomic E-state index is 0.0159. The number of phenolic OH excluding ortho intramolecular Hbond substituents is 3. The number of aryl methyl sites for hydroxylation is 1. The van der Waals surface area contributed by atoms with Crippen molar-refractivity contribution in [1.29, 1.82) is 0 Å². The summed E-state index contributed by atoms with van der Waals surface area (Å²) in [6.45, 7) is 1.93. The Bertz CT molecular complexity index is 656. The van der Waals surface area contributed by atoms with E-state index in [1.807, 2.05) is 18.4 Å². The van der Waals surface area contributed by atoms with Crippen molar-refractivity contribution in [2.45, 2.75) is 6.92 Å². The number of phenols is 3. The standard InChI is InChI=1S/C13H12N2O4S/c1-7-2-3-20-11(7)6-14-15-13(19)8-4-9(16)12(18)10(17)5-8/h2-6,16-18H,1H3,(H,15,19)/b14-6+. The molecule has 20 heavy (non-hydrogen) atoms. The van der Waals surface area contributed by atoms with E-state index in [2.05, 4.69) is 10.5 Å². The molecule has 1 heterocycles. The number of thiophene rings is 1. The van der Waals surface area contributed by atoms with Gasteiger partial charge in [0.2, 0.25) is 0 Å². The number of carbonyl (C=O) groups excluding carboxylic acids is 1. The first-order valence-corrected chi connectivity index (χ1v) is 6.49. The van der Waals surface area contributed by atoms with Gasteiger partial charge in [0.05, 0.1) is 6.21 Å². The van der Waals surface area contributed by atoms with E-state index in [4.69, 9.17) is 0 Å². The third-order valence-corrected chi connectivity index (χ3v) is 3.53. The SMILES string of the molecule is Cc1ccsc1/C=N/NC(=O)c1cc(O)c(O)c(O)c1. The van der Waals surface area contributed by atoms with Gasteiger partial charge in [-0.25, -0.2) is 5.43 Å². The highest BCUT2D eigenvalue weighted by Gasteiger charge is 2.12. The molecule has 0 spiro atoms. The van der Waals surface area contributed by atoms with Crippen LogP contribution in [0.5, 0.6) is 17.2 Å². The molecule has 2 rings (SSSR count). The van der Waals surface area contributed by atoms with Crippen LogP contribution in [0.15, 0.2) is 28.7 Å². The zero-order valence-corrected chi connectivity index (χ0v) is 11.3. The molecule has 0 bridgehead atoms. The quantitative estimate of drug-likeness (QED) is 0.394. The molecule has 0 fully saturated rings. The minimum Gasteiger partial charge on any atom is -0.504 e. The number of hydrogen-bond acceptors (Lipinski definition) is 6. The van der Waals surface area contributed by atoms with Gasteiger partial charge >= 0.3 is 0 Å². The van der Waals surface area contributed by atoms with Gasteiger partial charge in [-0.3, -0.25) is 4.79 Å². The lowest BCUT2D eigenvalue weighted by molar-refractivity contribution is 0.0954. The van der Waals surface area contributed by atoms with Crippen LogP contribution in [0.2, 0.25) is 0 Å². The molecule has 0 aliphatic carbocycles. The average molecular weight is 292 g/mol. The number of aromatic hydroxyl groups is 3. The van der Waals surface area contributed by atoms with E-state index in [9.17, 15) is 20.1 Å². The second kappa shape index (κ2) is 5.62. The molecule has 1 aromatic heterocycles. The van der Waals surface area contributed by atoms with Crippen molar-refractivity contribution >= 4 is 23.5 Å². The Hall–Kier alpha value is -2.54. The molecule has 1 amide bonds. The van der Waals surface area contributed by atoms with Gasteiger partial charge < -0.3 is 15.3 Å². The first kappa shape index (κ1) is 13.9. The molecule has 0 atom stereocenters. The number of rotatable bonds is 3. The van der Waals surface area contributed by atoms with Crippen molar-refractivity contribution < 1.29 is 20.1 Å². The van der Waals surface area contributed by atoms with Crippen LogP contribution in [-0.2, 0) is 0 Å². The Balaban J connectivity index is 2.09. The predicted octanol–water partition coefficient (Wildman–Crippen LogP) is 1.94. The van der Waals surface area contributed by atoms with E-state index in [1.165, 1.54) is 17.6 Å². The van der Waals surface area contributed by atoms with Gasteiger partial charge in [-0.15, -0.1) is 11.3 Å². The smallest absolute Gasteiger partial charge is 0.271 e. The topological polar surface area (TPSA) is 102 Å². The molecule has 1 aromatic carbocycles. The van der Waals surface area contributed by atoms with Crippen LogP contribution in [0.1, 0.15) is 20.8 Å². The number of benzene rings is 1. The zero-order chi connectivity index (χ0) is 14.7. The average Bonchev–Trinajstić information content (AvgIpc) is 2.81. The van der Waals surface area contributed by atoms with E-state index in [-0.39, 0.29) is 5.56 Å². The molecule has 104 valence electrons. The summed E-state index contributed by atoms with van der Waals surface area (Å²) in [5.74, 6) is -2.43. The summed E-state index contributed by atoms with van der Waals surface area (Å²) in [6, 6.07) is 4.01. The summed E-state index contributed by atoms with van der Waals surface area (Å²) in [7, 11) is 0. The highest BCUT2D eigenvalue weighted by Crippen LogP contribution is 2.35. The summed E-state index contributed by atoms with van der Waals surface area (Å²) in [5.41, 5.74) is 3.30. The van der Waals surface area contributed by atoms with Gasteiger partial charge in [0.15, 0.2) is 17.2 Å². The largest absolute Gasteiger partial charge is 0.504 e. The van der Waals surface area contributed by atoms with E-state index in [0.29, 0.717) is 0 Å². The third-order valence-electron chi connectivity index (χ3n) is 2.58. The number of nitrogens with zero attached hydrogens (tertiary/aromatic N) is 1. The normalized spacial score (nSPS) is 10.8.